The SMILES string of the molecule is CN(C)CCCNc1ccc(NC(=O)Cc2ccc(Cl)cc2)nc1. The number of pyridine rings is 1. The molecule has 2 rings (SSSR count). The van der Waals surface area contributed by atoms with Gasteiger partial charge in [-0.25, -0.2) is 4.98 Å². The number of anilines is 2. The molecular formula is C18H23ClN4O. The standard InChI is InChI=1S/C18H23ClN4O/c1-23(2)11-3-10-20-16-8-9-17(21-13-16)22-18(24)12-14-4-6-15(19)7-5-14/h4-9,13,20H,3,10-12H2,1-2H3,(H,21,22,24). The highest BCUT2D eigenvalue weighted by atomic mass is 35.5. The van der Waals surface area contributed by atoms with Gasteiger partial charge in [0.05, 0.1) is 18.3 Å². The lowest BCUT2D eigenvalue weighted by molar-refractivity contribution is -0.115. The van der Waals surface area contributed by atoms with E-state index in [1.54, 1.807) is 24.4 Å². The Morgan fingerprint density at radius 1 is 1.17 bits per heavy atom. The van der Waals surface area contributed by atoms with Crippen molar-refractivity contribution in [3.63, 3.8) is 0 Å². The molecule has 0 unspecified atom stereocenters. The molecule has 0 saturated heterocycles. The molecule has 0 aliphatic heterocycles. The zero-order valence-corrected chi connectivity index (χ0v) is 14.8. The van der Waals surface area contributed by atoms with Crippen molar-refractivity contribution < 1.29 is 4.79 Å². The lowest BCUT2D eigenvalue weighted by Crippen LogP contribution is -2.17. The lowest BCUT2D eigenvalue weighted by Gasteiger charge is -2.11. The zero-order chi connectivity index (χ0) is 17.4. The minimum absolute atomic E-state index is 0.100. The average Bonchev–Trinajstić information content (AvgIpc) is 2.55. The van der Waals surface area contributed by atoms with Crippen LogP contribution in [0, 0.1) is 0 Å². The number of nitrogens with one attached hydrogen (secondary N) is 2. The molecule has 1 amide bonds. The molecule has 1 aromatic heterocycles. The van der Waals surface area contributed by atoms with E-state index in [4.69, 9.17) is 11.6 Å². The predicted molar refractivity (Wildman–Crippen MR) is 99.7 cm³/mol. The average molecular weight is 347 g/mol. The van der Waals surface area contributed by atoms with E-state index in [-0.39, 0.29) is 5.91 Å². The van der Waals surface area contributed by atoms with E-state index in [1.807, 2.05) is 18.2 Å². The molecule has 6 heteroatoms. The summed E-state index contributed by atoms with van der Waals surface area (Å²) in [5, 5.41) is 6.77. The fraction of sp³-hybridized carbons (Fsp3) is 0.333. The number of nitrogens with zero attached hydrogens (tertiary/aromatic N) is 2. The van der Waals surface area contributed by atoms with Gasteiger partial charge >= 0.3 is 0 Å². The van der Waals surface area contributed by atoms with E-state index in [1.165, 1.54) is 0 Å². The summed E-state index contributed by atoms with van der Waals surface area (Å²) >= 11 is 5.83. The van der Waals surface area contributed by atoms with Gasteiger partial charge in [-0.1, -0.05) is 23.7 Å². The van der Waals surface area contributed by atoms with Crippen LogP contribution in [0.2, 0.25) is 5.02 Å². The van der Waals surface area contributed by atoms with Gasteiger partial charge in [-0.2, -0.15) is 0 Å². The first-order chi connectivity index (χ1) is 11.5. The molecule has 5 nitrogen and oxygen atoms in total. The maximum Gasteiger partial charge on any atom is 0.229 e. The number of hydrogen-bond donors (Lipinski definition) is 2. The third-order valence-corrected chi connectivity index (χ3v) is 3.67. The molecular weight excluding hydrogens is 324 g/mol. The Morgan fingerprint density at radius 3 is 2.54 bits per heavy atom. The van der Waals surface area contributed by atoms with E-state index in [2.05, 4.69) is 34.6 Å². The monoisotopic (exact) mass is 346 g/mol. The van der Waals surface area contributed by atoms with Crippen LogP contribution in [0.3, 0.4) is 0 Å². The molecule has 0 fully saturated rings. The van der Waals surface area contributed by atoms with Crippen LogP contribution in [0.25, 0.3) is 0 Å². The number of carbonyl (C=O) groups excluding carboxylic acids is 1. The molecule has 0 radical (unpaired) electrons. The molecule has 0 atom stereocenters. The first-order valence-electron chi connectivity index (χ1n) is 7.92. The number of rotatable bonds is 8. The summed E-state index contributed by atoms with van der Waals surface area (Å²) in [7, 11) is 4.12. The second-order valence-corrected chi connectivity index (χ2v) is 6.30. The van der Waals surface area contributed by atoms with E-state index in [9.17, 15) is 4.79 Å². The minimum atomic E-state index is -0.100. The number of aromatic nitrogens is 1. The largest absolute Gasteiger partial charge is 0.384 e. The molecule has 0 spiro atoms. The van der Waals surface area contributed by atoms with Crippen LogP contribution in [0.1, 0.15) is 12.0 Å². The highest BCUT2D eigenvalue weighted by Crippen LogP contribution is 2.12. The molecule has 0 aliphatic carbocycles. The molecule has 2 N–H and O–H groups in total. The Hall–Kier alpha value is -2.11. The van der Waals surface area contributed by atoms with Crippen molar-refractivity contribution in [3.05, 3.63) is 53.2 Å². The van der Waals surface area contributed by atoms with E-state index >= 15 is 0 Å². The molecule has 24 heavy (non-hydrogen) atoms. The zero-order valence-electron chi connectivity index (χ0n) is 14.1. The summed E-state index contributed by atoms with van der Waals surface area (Å²) in [5.74, 6) is 0.448. The van der Waals surface area contributed by atoms with E-state index < -0.39 is 0 Å². The van der Waals surface area contributed by atoms with Crippen LogP contribution in [-0.2, 0) is 11.2 Å². The Morgan fingerprint density at radius 2 is 1.92 bits per heavy atom. The van der Waals surface area contributed by atoms with Gasteiger partial charge in [0.15, 0.2) is 0 Å². The van der Waals surface area contributed by atoms with Gasteiger partial charge in [0, 0.05) is 11.6 Å². The maximum absolute atomic E-state index is 12.0. The first-order valence-corrected chi connectivity index (χ1v) is 8.29. The number of halogens is 1. The van der Waals surface area contributed by atoms with Crippen LogP contribution in [-0.4, -0.2) is 43.0 Å². The van der Waals surface area contributed by atoms with Crippen molar-refractivity contribution in [3.8, 4) is 0 Å². The Labute approximate surface area is 148 Å². The summed E-state index contributed by atoms with van der Waals surface area (Å²) in [5.41, 5.74) is 1.86. The maximum atomic E-state index is 12.0. The van der Waals surface area contributed by atoms with Crippen LogP contribution in [0.15, 0.2) is 42.6 Å². The highest BCUT2D eigenvalue weighted by molar-refractivity contribution is 6.30. The summed E-state index contributed by atoms with van der Waals surface area (Å²) in [6.45, 7) is 1.93. The predicted octanol–water partition coefficient (Wildman–Crippen LogP) is 3.28. The van der Waals surface area contributed by atoms with Gasteiger partial charge in [0.25, 0.3) is 0 Å². The van der Waals surface area contributed by atoms with E-state index in [0.717, 1.165) is 30.8 Å². The second kappa shape index (κ2) is 9.25. The number of carbonyl (C=O) groups is 1. The second-order valence-electron chi connectivity index (χ2n) is 5.87. The summed E-state index contributed by atoms with van der Waals surface area (Å²) in [4.78, 5) is 18.4. The van der Waals surface area contributed by atoms with Crippen molar-refractivity contribution >= 4 is 29.0 Å². The van der Waals surface area contributed by atoms with Crippen LogP contribution in [0.5, 0.6) is 0 Å². The normalized spacial score (nSPS) is 10.7. The van der Waals surface area contributed by atoms with Gasteiger partial charge in [0.2, 0.25) is 5.91 Å². The summed E-state index contributed by atoms with van der Waals surface area (Å²) in [6, 6.07) is 11.0. The molecule has 0 saturated carbocycles. The van der Waals surface area contributed by atoms with Crippen molar-refractivity contribution in [2.45, 2.75) is 12.8 Å². The van der Waals surface area contributed by atoms with Gasteiger partial charge in [-0.3, -0.25) is 4.79 Å². The quantitative estimate of drug-likeness (QED) is 0.720. The first kappa shape index (κ1) is 18.2. The van der Waals surface area contributed by atoms with Crippen molar-refractivity contribution in [2.75, 3.05) is 37.8 Å². The molecule has 0 bridgehead atoms. The highest BCUT2D eigenvalue weighted by Gasteiger charge is 2.05. The molecule has 1 aromatic carbocycles. The summed E-state index contributed by atoms with van der Waals surface area (Å²) in [6.07, 6.45) is 3.09. The minimum Gasteiger partial charge on any atom is -0.384 e. The third-order valence-electron chi connectivity index (χ3n) is 3.42. The van der Waals surface area contributed by atoms with Crippen LogP contribution in [0.4, 0.5) is 11.5 Å². The van der Waals surface area contributed by atoms with Gasteiger partial charge < -0.3 is 15.5 Å². The van der Waals surface area contributed by atoms with Gasteiger partial charge in [-0.05, 0) is 56.9 Å². The summed E-state index contributed by atoms with van der Waals surface area (Å²) < 4.78 is 0. The van der Waals surface area contributed by atoms with Gasteiger partial charge in [0.1, 0.15) is 5.82 Å². The molecule has 2 aromatic rings. The Kier molecular flexibility index (Phi) is 7.03. The van der Waals surface area contributed by atoms with Crippen LogP contribution >= 0.6 is 11.6 Å². The fourth-order valence-electron chi connectivity index (χ4n) is 2.18. The number of benzene rings is 1. The number of hydrogen-bond acceptors (Lipinski definition) is 4. The fourth-order valence-corrected chi connectivity index (χ4v) is 2.30. The van der Waals surface area contributed by atoms with Crippen molar-refractivity contribution in [1.82, 2.24) is 9.88 Å². The Bertz CT molecular complexity index is 641. The lowest BCUT2D eigenvalue weighted by atomic mass is 10.1. The van der Waals surface area contributed by atoms with Crippen molar-refractivity contribution in [2.24, 2.45) is 0 Å². The molecule has 128 valence electrons. The third kappa shape index (κ3) is 6.56. The van der Waals surface area contributed by atoms with Crippen LogP contribution < -0.4 is 10.6 Å². The van der Waals surface area contributed by atoms with E-state index in [0.29, 0.717) is 17.3 Å². The molecule has 0 aliphatic rings. The van der Waals surface area contributed by atoms with Gasteiger partial charge in [-0.15, -0.1) is 0 Å². The Balaban J connectivity index is 1.78. The van der Waals surface area contributed by atoms with Crippen molar-refractivity contribution in [1.29, 1.82) is 0 Å². The number of amides is 1. The molecule has 1 heterocycles. The topological polar surface area (TPSA) is 57.3 Å². The smallest absolute Gasteiger partial charge is 0.229 e.